The Bertz CT molecular complexity index is 5750. The highest BCUT2D eigenvalue weighted by molar-refractivity contribution is 7.99. The second kappa shape index (κ2) is 64.6. The molecule has 4 aliphatic heterocycles. The number of ether oxygens (including phenoxy) is 9. The molecule has 150 heavy (non-hydrogen) atoms. The molecule has 0 saturated carbocycles. The normalized spacial score (nSPS) is 13.8. The number of aldehydes is 1. The minimum absolute atomic E-state index is 0.0882. The zero-order chi connectivity index (χ0) is 111. The van der Waals surface area contributed by atoms with E-state index in [-0.39, 0.29) is 95.4 Å². The predicted octanol–water partition coefficient (Wildman–Crippen LogP) is 21.3. The van der Waals surface area contributed by atoms with Gasteiger partial charge in [-0.2, -0.15) is 25.5 Å². The maximum absolute atomic E-state index is 13.6. The summed E-state index contributed by atoms with van der Waals surface area (Å²) in [6, 6.07) is 33.0. The first-order valence-corrected chi connectivity index (χ1v) is 53.9. The molecule has 0 aliphatic carbocycles. The van der Waals surface area contributed by atoms with E-state index >= 15 is 0 Å². The van der Waals surface area contributed by atoms with Crippen molar-refractivity contribution < 1.29 is 94.5 Å². The number of ketones is 1. The van der Waals surface area contributed by atoms with Crippen molar-refractivity contribution in [1.82, 2.24) is 62.7 Å². The van der Waals surface area contributed by atoms with Crippen LogP contribution >= 0.6 is 81.7 Å². The van der Waals surface area contributed by atoms with E-state index in [0.29, 0.717) is 139 Å². The number of carbonyl (C=O) groups is 7. The van der Waals surface area contributed by atoms with Gasteiger partial charge in [0.2, 0.25) is 5.88 Å². The van der Waals surface area contributed by atoms with E-state index in [1.54, 1.807) is 87.5 Å². The third kappa shape index (κ3) is 50.3. The molecule has 10 heterocycles. The van der Waals surface area contributed by atoms with E-state index in [1.807, 2.05) is 191 Å². The fraction of sp³-hybridized carbons (Fsp3) is 0.495. The molecule has 0 spiro atoms. The van der Waals surface area contributed by atoms with Crippen molar-refractivity contribution in [3.63, 3.8) is 0 Å². The number of piperidine rings is 4. The lowest BCUT2D eigenvalue weighted by molar-refractivity contribution is -0.0166. The van der Waals surface area contributed by atoms with Crippen molar-refractivity contribution in [3.05, 3.63) is 232 Å². The molecule has 4 saturated heterocycles. The number of Topliss-reactive ketones (excluding diaryl/α,β-unsaturated/α-hetero) is 1. The Hall–Kier alpha value is -12.0. The number of nitrogens with zero attached hydrogens (tertiary/aromatic N) is 10. The highest BCUT2D eigenvalue weighted by Gasteiger charge is 2.33. The van der Waals surface area contributed by atoms with Gasteiger partial charge in [0, 0.05) is 161 Å². The number of para-hydroxylation sites is 6. The second-order valence-electron chi connectivity index (χ2n) is 39.4. The van der Waals surface area contributed by atoms with Crippen LogP contribution < -0.4 is 56.2 Å². The van der Waals surface area contributed by atoms with Gasteiger partial charge < -0.3 is 93.5 Å². The first-order chi connectivity index (χ1) is 70.9. The molecule has 4 aliphatic rings. The third-order valence-corrected chi connectivity index (χ3v) is 25.9. The number of methoxy groups -OCH3 is 1. The Labute approximate surface area is 907 Å². The first-order valence-electron chi connectivity index (χ1n) is 48.7. The highest BCUT2D eigenvalue weighted by atomic mass is 35.5. The van der Waals surface area contributed by atoms with Gasteiger partial charge in [-0.25, -0.2) is 37.1 Å². The Morgan fingerprint density at radius 2 is 0.953 bits per heavy atom. The quantitative estimate of drug-likeness (QED) is 0.0135. The van der Waals surface area contributed by atoms with Gasteiger partial charge in [-0.15, -0.1) is 22.7 Å². The molecule has 0 unspecified atom stereocenters. The van der Waals surface area contributed by atoms with Crippen molar-refractivity contribution >= 4 is 146 Å². The molecule has 0 atom stereocenters. The number of amides is 6. The number of urea groups is 1. The van der Waals surface area contributed by atoms with Crippen LogP contribution in [0.4, 0.5) is 54.2 Å². The molecule has 7 N–H and O–H groups in total. The average Bonchev–Trinajstić information content (AvgIpc) is 1.52. The summed E-state index contributed by atoms with van der Waals surface area (Å²) in [5, 5.41) is 26.8. The van der Waals surface area contributed by atoms with Crippen LogP contribution in [0.3, 0.4) is 0 Å². The number of halogens is 4. The summed E-state index contributed by atoms with van der Waals surface area (Å²) in [7, 11) is 8.89. The lowest BCUT2D eigenvalue weighted by Gasteiger charge is -2.33. The number of hydrogen-bond donors (Lipinski definition) is 7. The fourth-order valence-corrected chi connectivity index (χ4v) is 17.2. The van der Waals surface area contributed by atoms with Crippen molar-refractivity contribution in [2.45, 2.75) is 214 Å². The van der Waals surface area contributed by atoms with E-state index in [4.69, 9.17) is 71.6 Å². The van der Waals surface area contributed by atoms with E-state index in [9.17, 15) is 56.3 Å². The smallest absolute Gasteiger partial charge is 0.410 e. The van der Waals surface area contributed by atoms with Crippen LogP contribution in [0.15, 0.2) is 165 Å². The van der Waals surface area contributed by atoms with Gasteiger partial charge in [-0.3, -0.25) is 37.9 Å². The van der Waals surface area contributed by atoms with Gasteiger partial charge in [0.1, 0.15) is 68.5 Å². The monoisotopic (exact) mass is 2220 g/mol. The molecule has 14 rings (SSSR count). The summed E-state index contributed by atoms with van der Waals surface area (Å²) < 4.78 is 101. The summed E-state index contributed by atoms with van der Waals surface area (Å²) in [4.78, 5) is 123. The zero-order valence-corrected chi connectivity index (χ0v) is 94.5. The number of likely N-dealkylation sites (tertiary alicyclic amines) is 4. The van der Waals surface area contributed by atoms with E-state index in [1.165, 1.54) is 64.4 Å². The van der Waals surface area contributed by atoms with Crippen molar-refractivity contribution in [2.75, 3.05) is 123 Å². The van der Waals surface area contributed by atoms with E-state index in [2.05, 4.69) is 64.7 Å². The Balaban J connectivity index is 0.000000265. The van der Waals surface area contributed by atoms with Crippen LogP contribution in [0.5, 0.6) is 23.1 Å². The van der Waals surface area contributed by atoms with Crippen LogP contribution in [0.2, 0.25) is 5.15 Å². The summed E-state index contributed by atoms with van der Waals surface area (Å²) in [5.74, 6) is 3.75. The summed E-state index contributed by atoms with van der Waals surface area (Å²) in [5.41, 5.74) is 2.65. The number of aromatic nitrogens is 7. The molecule has 35 nitrogen and oxygen atoms in total. The van der Waals surface area contributed by atoms with Crippen molar-refractivity contribution in [2.24, 2.45) is 17.8 Å². The van der Waals surface area contributed by atoms with E-state index in [0.717, 1.165) is 116 Å². The lowest BCUT2D eigenvalue weighted by atomic mass is 9.98. The second-order valence-corrected chi connectivity index (χ2v) is 44.1. The molecule has 4 aromatic carbocycles. The standard InChI is InChI=1S/C19H29N3O4.C19H29N3O3S.C19H30N2O3.C17H24FNO2S.C11H8FNOS.C7H12N2O2S.C5H5ClN2O.C5H3FOS.C3H4N2O2S/c1-19(2,3)26-18(24)22-11-9-14(10-12-22)13-25-16-8-6-5-7-15(16)21-17(23)20-4;1-19(2,3)25-18(23)22-11-9-14(10-12-22)13-24-16-8-6-5-7-15(16)21-17(26)20-4;1-19(2,3)24-18(22)21-12-10-15(11-13-21)14-23-17-9-7-6-8-16(17)20(4)5;1-17(2,3)21-16(20)19-10-8-14(9-11-19)22-12-13-6-4-5-7-15(13)18;12-10-7-15-6-9(10)5-11(14)8-1-3-13-4-2-8;1-7(2,3)11-4-5-6(10)9-12-8-5;1-9-5-3-7-2-4(6)8-5;6-5-3-8-2-4(5)1-7;6-1-2-3(7)5-8-4-2/h5-8,14H,9-13H2,1-4H3,(H2,20,21,23);5-8,14H,9-13H2,1-4H3,(H2,20,21,26);6-9,15H,10-14H2,1-5H3;4-7,14H,8-12H2,1-3H3;1-4,6-7H,5H2;4H2,1-3H3,(H,9,10);2-3H,1H3;1-3H;6H,1H2,(H,5,7). The molecule has 822 valence electrons. The number of rotatable bonds is 23. The lowest BCUT2D eigenvalue weighted by Crippen LogP contribution is -2.42. The van der Waals surface area contributed by atoms with Crippen molar-refractivity contribution in [3.8, 4) is 23.1 Å². The number of aromatic amines is 2. The number of nitrogens with one attached hydrogen (secondary N) is 6. The zero-order valence-electron chi connectivity index (χ0n) is 88.9. The minimum Gasteiger partial charge on any atom is -0.491 e. The molecule has 6 aromatic heterocycles. The number of aliphatic hydroxyl groups is 1. The molecule has 45 heteroatoms. The van der Waals surface area contributed by atoms with Crippen molar-refractivity contribution in [1.29, 1.82) is 0 Å². The predicted molar refractivity (Wildman–Crippen MR) is 589 cm³/mol. The third-order valence-electron chi connectivity index (χ3n) is 21.3. The summed E-state index contributed by atoms with van der Waals surface area (Å²) in [6.07, 6.45) is 13.0. The maximum atomic E-state index is 13.6. The SMILES string of the molecule is CC(C)(C)OC(=O)N1CCC(SCc2ccccc2F)CC1.CC(C)(C)OCc1ns[nH]c1=O.CN(C)c1ccccc1OCC1CCN(C(=O)OC(C)(C)C)CC1.CNC(=O)Nc1ccccc1OCC1CCN(C(=O)OC(C)(C)C)CC1.CNC(=S)Nc1ccccc1OCC1CCN(C(=O)OC(C)(C)C)CC1.COc1cncc(Cl)n1.O=C(Cc1cscc1F)c1ccncc1.O=Cc1cscc1F.O=c1[nH]snc1CO. The number of thiophene rings is 2. The first kappa shape index (κ1) is 127. The highest BCUT2D eigenvalue weighted by Crippen LogP contribution is 2.34. The Kier molecular flexibility index (Phi) is 54.5. The molecule has 0 bridgehead atoms. The van der Waals surface area contributed by atoms with E-state index < -0.39 is 28.2 Å². The van der Waals surface area contributed by atoms with Gasteiger partial charge in [-0.05, 0) is 251 Å². The Morgan fingerprint density at radius 1 is 0.527 bits per heavy atom. The summed E-state index contributed by atoms with van der Waals surface area (Å²) in [6.45, 7) is 35.9. The molecule has 0 radical (unpaired) electrons. The number of carbonyl (C=O) groups excluding carboxylic acids is 7. The van der Waals surface area contributed by atoms with Crippen LogP contribution in [-0.2, 0) is 49.1 Å². The van der Waals surface area contributed by atoms with Gasteiger partial charge in [0.15, 0.2) is 22.3 Å². The molecular formula is C105H144ClF3N16O19S6. The molecule has 10 aromatic rings. The van der Waals surface area contributed by atoms with Crippen LogP contribution in [0.25, 0.3) is 0 Å². The van der Waals surface area contributed by atoms with Crippen LogP contribution in [-0.4, -0.2) is 245 Å². The minimum atomic E-state index is -0.474. The van der Waals surface area contributed by atoms with Crippen LogP contribution in [0.1, 0.15) is 198 Å². The molecular weight excluding hydrogens is 2070 g/mol. The number of hydrogen-bond acceptors (Lipinski definition) is 31. The number of anilines is 3. The number of thioether (sulfide) groups is 1. The number of aliphatic hydroxyl groups excluding tert-OH is 1. The molecule has 6 amide bonds. The Morgan fingerprint density at radius 3 is 1.33 bits per heavy atom. The maximum Gasteiger partial charge on any atom is 0.410 e. The number of H-pyrrole nitrogens is 2. The number of pyridine rings is 1. The number of thiocarbonyl (C=S) groups is 1. The van der Waals surface area contributed by atoms with Crippen LogP contribution in [0, 0.1) is 35.2 Å². The van der Waals surface area contributed by atoms with Gasteiger partial charge in [-0.1, -0.05) is 66.2 Å². The van der Waals surface area contributed by atoms with Gasteiger partial charge in [0.25, 0.3) is 11.1 Å². The van der Waals surface area contributed by atoms with Gasteiger partial charge in [0.05, 0.1) is 80.8 Å². The topological polar surface area (TPSA) is 417 Å². The largest absolute Gasteiger partial charge is 0.491 e. The fourth-order valence-electron chi connectivity index (χ4n) is 13.5. The average molecular weight is 2220 g/mol. The molecule has 4 fully saturated rings. The number of benzene rings is 4. The van der Waals surface area contributed by atoms with Gasteiger partial charge >= 0.3 is 30.4 Å². The summed E-state index contributed by atoms with van der Waals surface area (Å²) >= 11 is 16.8.